The van der Waals surface area contributed by atoms with E-state index in [0.717, 1.165) is 25.3 Å². The Morgan fingerprint density at radius 3 is 2.57 bits per heavy atom. The van der Waals surface area contributed by atoms with Gasteiger partial charge >= 0.3 is 0 Å². The highest BCUT2D eigenvalue weighted by molar-refractivity contribution is 7.99. The number of thioether (sulfide) groups is 1. The molecule has 0 bridgehead atoms. The van der Waals surface area contributed by atoms with Crippen molar-refractivity contribution in [1.82, 2.24) is 10.2 Å². The Labute approximate surface area is 133 Å². The van der Waals surface area contributed by atoms with Crippen molar-refractivity contribution in [2.75, 3.05) is 18.8 Å². The summed E-state index contributed by atoms with van der Waals surface area (Å²) in [5.74, 6) is 1.07. The zero-order valence-electron chi connectivity index (χ0n) is 14.1. The summed E-state index contributed by atoms with van der Waals surface area (Å²) in [6.07, 6.45) is 3.43. The molecular formula is C16H30N2O2S. The second-order valence-corrected chi connectivity index (χ2v) is 8.38. The third-order valence-electron chi connectivity index (χ3n) is 3.74. The van der Waals surface area contributed by atoms with Gasteiger partial charge < -0.3 is 10.2 Å². The van der Waals surface area contributed by atoms with Crippen LogP contribution in [0.2, 0.25) is 0 Å². The van der Waals surface area contributed by atoms with Gasteiger partial charge in [0.25, 0.3) is 0 Å². The lowest BCUT2D eigenvalue weighted by Crippen LogP contribution is -2.50. The Hall–Kier alpha value is -0.710. The lowest BCUT2D eigenvalue weighted by molar-refractivity contribution is -0.138. The number of amides is 2. The summed E-state index contributed by atoms with van der Waals surface area (Å²) in [5, 5.41) is 3.38. The van der Waals surface area contributed by atoms with Gasteiger partial charge in [0.15, 0.2) is 0 Å². The number of rotatable bonds is 4. The van der Waals surface area contributed by atoms with Crippen LogP contribution >= 0.6 is 11.8 Å². The van der Waals surface area contributed by atoms with Crippen molar-refractivity contribution in [3.8, 4) is 0 Å². The first kappa shape index (κ1) is 18.3. The highest BCUT2D eigenvalue weighted by Gasteiger charge is 2.29. The van der Waals surface area contributed by atoms with Crippen molar-refractivity contribution in [2.24, 2.45) is 5.41 Å². The lowest BCUT2D eigenvalue weighted by atomic mass is 9.95. The molecule has 5 heteroatoms. The first-order valence-corrected chi connectivity index (χ1v) is 9.02. The van der Waals surface area contributed by atoms with Crippen LogP contribution in [-0.2, 0) is 9.59 Å². The maximum atomic E-state index is 12.6. The van der Waals surface area contributed by atoms with E-state index < -0.39 is 11.5 Å². The Bertz CT molecular complexity index is 366. The average Bonchev–Trinajstić information content (AvgIpc) is 2.62. The van der Waals surface area contributed by atoms with E-state index in [2.05, 4.69) is 12.2 Å². The average molecular weight is 314 g/mol. The largest absolute Gasteiger partial charge is 0.344 e. The van der Waals surface area contributed by atoms with Gasteiger partial charge in [-0.2, -0.15) is 11.8 Å². The van der Waals surface area contributed by atoms with Crippen molar-refractivity contribution in [3.63, 3.8) is 0 Å². The van der Waals surface area contributed by atoms with Crippen molar-refractivity contribution >= 4 is 23.6 Å². The van der Waals surface area contributed by atoms with Crippen LogP contribution in [-0.4, -0.2) is 46.8 Å². The zero-order valence-corrected chi connectivity index (χ0v) is 14.9. The van der Waals surface area contributed by atoms with E-state index in [1.54, 1.807) is 6.92 Å². The fourth-order valence-corrected chi connectivity index (χ4v) is 3.51. The molecule has 0 spiro atoms. The molecule has 1 aliphatic rings. The maximum absolute atomic E-state index is 12.6. The minimum Gasteiger partial charge on any atom is -0.344 e. The predicted octanol–water partition coefficient (Wildman–Crippen LogP) is 2.67. The molecule has 2 atom stereocenters. The molecular weight excluding hydrogens is 284 g/mol. The Kier molecular flexibility index (Phi) is 7.04. The van der Waals surface area contributed by atoms with Crippen molar-refractivity contribution in [1.29, 1.82) is 0 Å². The highest BCUT2D eigenvalue weighted by Crippen LogP contribution is 2.22. The van der Waals surface area contributed by atoms with Gasteiger partial charge in [0.1, 0.15) is 6.04 Å². The summed E-state index contributed by atoms with van der Waals surface area (Å²) in [5.41, 5.74) is -0.464. The molecule has 1 aliphatic heterocycles. The summed E-state index contributed by atoms with van der Waals surface area (Å²) < 4.78 is 0. The van der Waals surface area contributed by atoms with Gasteiger partial charge in [-0.25, -0.2) is 0 Å². The van der Waals surface area contributed by atoms with Crippen LogP contribution in [0.25, 0.3) is 0 Å². The molecule has 1 N–H and O–H groups in total. The number of nitrogens with zero attached hydrogens (tertiary/aromatic N) is 1. The van der Waals surface area contributed by atoms with E-state index in [-0.39, 0.29) is 11.8 Å². The van der Waals surface area contributed by atoms with Crippen molar-refractivity contribution < 1.29 is 9.59 Å². The molecule has 4 nitrogen and oxygen atoms in total. The number of hydrogen-bond donors (Lipinski definition) is 1. The molecule has 1 rings (SSSR count). The quantitative estimate of drug-likeness (QED) is 0.868. The molecule has 21 heavy (non-hydrogen) atoms. The van der Waals surface area contributed by atoms with Crippen LogP contribution in [0.5, 0.6) is 0 Å². The van der Waals surface area contributed by atoms with E-state index >= 15 is 0 Å². The molecule has 122 valence electrons. The second-order valence-electron chi connectivity index (χ2n) is 6.80. The fraction of sp³-hybridized carbons (Fsp3) is 0.875. The third kappa shape index (κ3) is 5.89. The number of carbonyl (C=O) groups excluding carboxylic acids is 2. The Morgan fingerprint density at radius 2 is 2.00 bits per heavy atom. The van der Waals surface area contributed by atoms with Crippen LogP contribution in [0, 0.1) is 5.41 Å². The van der Waals surface area contributed by atoms with Gasteiger partial charge in [0, 0.05) is 23.8 Å². The summed E-state index contributed by atoms with van der Waals surface area (Å²) in [4.78, 5) is 26.5. The number of nitrogens with one attached hydrogen (secondary N) is 1. The maximum Gasteiger partial charge on any atom is 0.244 e. The number of likely N-dealkylation sites (tertiary alicyclic amines) is 1. The van der Waals surface area contributed by atoms with Crippen LogP contribution in [0.1, 0.15) is 53.9 Å². The number of hydrogen-bond acceptors (Lipinski definition) is 3. The molecule has 0 aromatic carbocycles. The molecule has 0 radical (unpaired) electrons. The SMILES string of the molecule is CCS[C@H]1CCCCN(C(=O)[C@@H](C)NC(=O)C(C)(C)C)C1. The number of carbonyl (C=O) groups is 2. The summed E-state index contributed by atoms with van der Waals surface area (Å²) in [7, 11) is 0. The van der Waals surface area contributed by atoms with Crippen LogP contribution in [0.3, 0.4) is 0 Å². The summed E-state index contributed by atoms with van der Waals surface area (Å²) in [6, 6.07) is -0.442. The standard InChI is InChI=1S/C16H30N2O2S/c1-6-21-13-9-7-8-10-18(11-13)14(19)12(2)17-15(20)16(3,4)5/h12-13H,6-11H2,1-5H3,(H,17,20)/t12-,13+/m1/s1. The van der Waals surface area contributed by atoms with Gasteiger partial charge in [-0.3, -0.25) is 9.59 Å². The summed E-state index contributed by atoms with van der Waals surface area (Å²) >= 11 is 1.94. The lowest BCUT2D eigenvalue weighted by Gasteiger charge is -2.28. The van der Waals surface area contributed by atoms with Crippen LogP contribution in [0.4, 0.5) is 0 Å². The second kappa shape index (κ2) is 8.06. The van der Waals surface area contributed by atoms with E-state index in [0.29, 0.717) is 5.25 Å². The predicted molar refractivity (Wildman–Crippen MR) is 89.4 cm³/mol. The molecule has 1 saturated heterocycles. The molecule has 0 aliphatic carbocycles. The molecule has 0 aromatic rings. The zero-order chi connectivity index (χ0) is 16.0. The Morgan fingerprint density at radius 1 is 1.33 bits per heavy atom. The molecule has 0 unspecified atom stereocenters. The smallest absolute Gasteiger partial charge is 0.244 e. The fourth-order valence-electron chi connectivity index (χ4n) is 2.42. The van der Waals surface area contributed by atoms with Gasteiger partial charge in [0.2, 0.25) is 11.8 Å². The van der Waals surface area contributed by atoms with Crippen LogP contribution < -0.4 is 5.32 Å². The molecule has 2 amide bonds. The van der Waals surface area contributed by atoms with Crippen molar-refractivity contribution in [2.45, 2.75) is 65.2 Å². The minimum absolute atomic E-state index is 0.0520. The van der Waals surface area contributed by atoms with E-state index in [9.17, 15) is 9.59 Å². The first-order chi connectivity index (χ1) is 9.75. The Balaban J connectivity index is 2.61. The van der Waals surface area contributed by atoms with E-state index in [1.165, 1.54) is 12.8 Å². The highest BCUT2D eigenvalue weighted by atomic mass is 32.2. The normalized spacial score (nSPS) is 21.6. The van der Waals surface area contributed by atoms with Crippen molar-refractivity contribution in [3.05, 3.63) is 0 Å². The topological polar surface area (TPSA) is 49.4 Å². The van der Waals surface area contributed by atoms with Gasteiger partial charge in [-0.05, 0) is 25.5 Å². The van der Waals surface area contributed by atoms with Gasteiger partial charge in [-0.15, -0.1) is 0 Å². The first-order valence-electron chi connectivity index (χ1n) is 7.97. The van der Waals surface area contributed by atoms with Gasteiger partial charge in [0.05, 0.1) is 0 Å². The van der Waals surface area contributed by atoms with E-state index in [1.807, 2.05) is 37.4 Å². The third-order valence-corrected chi connectivity index (χ3v) is 4.93. The molecule has 0 saturated carbocycles. The summed E-state index contributed by atoms with van der Waals surface area (Å²) in [6.45, 7) is 11.2. The monoisotopic (exact) mass is 314 g/mol. The molecule has 1 fully saturated rings. The molecule has 1 heterocycles. The van der Waals surface area contributed by atoms with Crippen LogP contribution in [0.15, 0.2) is 0 Å². The minimum atomic E-state index is -0.464. The van der Waals surface area contributed by atoms with Gasteiger partial charge in [-0.1, -0.05) is 34.1 Å². The van der Waals surface area contributed by atoms with E-state index in [4.69, 9.17) is 0 Å². The molecule has 0 aromatic heterocycles.